The fourth-order valence-electron chi connectivity index (χ4n) is 1.94. The molecule has 0 spiro atoms. The van der Waals surface area contributed by atoms with Crippen molar-refractivity contribution in [2.24, 2.45) is 0 Å². The summed E-state index contributed by atoms with van der Waals surface area (Å²) in [5.74, 6) is 3.56. The molecule has 0 bridgehead atoms. The van der Waals surface area contributed by atoms with Crippen molar-refractivity contribution in [1.82, 2.24) is 0 Å². The van der Waals surface area contributed by atoms with Crippen molar-refractivity contribution in [3.8, 4) is 18.1 Å². The van der Waals surface area contributed by atoms with Gasteiger partial charge in [0.05, 0.1) is 6.10 Å². The zero-order valence-corrected chi connectivity index (χ0v) is 11.9. The van der Waals surface area contributed by atoms with Crippen LogP contribution in [-0.4, -0.2) is 6.10 Å². The predicted molar refractivity (Wildman–Crippen MR) is 83.9 cm³/mol. The van der Waals surface area contributed by atoms with Crippen LogP contribution in [0.5, 0.6) is 5.75 Å². The molecule has 2 rings (SSSR count). The van der Waals surface area contributed by atoms with Gasteiger partial charge in [0, 0.05) is 23.4 Å². The number of hydrogen-bond donors (Lipinski definition) is 1. The Labute approximate surface area is 120 Å². The summed E-state index contributed by atoms with van der Waals surface area (Å²) in [5.41, 5.74) is 3.02. The minimum atomic E-state index is 0.168. The zero-order chi connectivity index (χ0) is 14.4. The molecule has 2 aromatic rings. The number of ether oxygens (including phenoxy) is 1. The molecule has 0 aromatic heterocycles. The largest absolute Gasteiger partial charge is 0.491 e. The van der Waals surface area contributed by atoms with Crippen molar-refractivity contribution in [3.63, 3.8) is 0 Å². The minimum absolute atomic E-state index is 0.168. The van der Waals surface area contributed by atoms with Gasteiger partial charge in [0.1, 0.15) is 5.75 Å². The van der Waals surface area contributed by atoms with E-state index in [-0.39, 0.29) is 6.10 Å². The third-order valence-corrected chi connectivity index (χ3v) is 2.85. The van der Waals surface area contributed by atoms with Gasteiger partial charge in [0.25, 0.3) is 0 Å². The van der Waals surface area contributed by atoms with E-state index >= 15 is 0 Å². The third kappa shape index (κ3) is 3.80. The first-order chi connectivity index (χ1) is 9.69. The van der Waals surface area contributed by atoms with Crippen LogP contribution in [0.1, 0.15) is 25.0 Å². The molecule has 0 fully saturated rings. The maximum atomic E-state index is 5.81. The van der Waals surface area contributed by atoms with Gasteiger partial charge in [-0.25, -0.2) is 0 Å². The van der Waals surface area contributed by atoms with E-state index in [9.17, 15) is 0 Å². The summed E-state index contributed by atoms with van der Waals surface area (Å²) >= 11 is 0. The molecule has 0 aliphatic carbocycles. The van der Waals surface area contributed by atoms with Crippen LogP contribution in [0, 0.1) is 12.3 Å². The molecule has 0 saturated heterocycles. The molecule has 0 aliphatic rings. The Bertz CT molecular complexity index is 611. The SMILES string of the molecule is C#Cc1cccc(NCc2ccccc2OC(C)C)c1. The molecule has 0 aliphatic heterocycles. The van der Waals surface area contributed by atoms with Crippen LogP contribution in [0.4, 0.5) is 5.69 Å². The smallest absolute Gasteiger partial charge is 0.124 e. The molecule has 102 valence electrons. The molecule has 0 saturated carbocycles. The van der Waals surface area contributed by atoms with Crippen molar-refractivity contribution in [2.45, 2.75) is 26.5 Å². The number of anilines is 1. The first kappa shape index (κ1) is 14.0. The highest BCUT2D eigenvalue weighted by Crippen LogP contribution is 2.21. The second kappa shape index (κ2) is 6.68. The first-order valence-electron chi connectivity index (χ1n) is 6.74. The summed E-state index contributed by atoms with van der Waals surface area (Å²) in [6, 6.07) is 15.9. The van der Waals surface area contributed by atoms with Gasteiger partial charge in [0.15, 0.2) is 0 Å². The highest BCUT2D eigenvalue weighted by Gasteiger charge is 2.04. The number of terminal acetylenes is 1. The number of rotatable bonds is 5. The van der Waals surface area contributed by atoms with Gasteiger partial charge >= 0.3 is 0 Å². The van der Waals surface area contributed by atoms with Crippen LogP contribution < -0.4 is 10.1 Å². The Morgan fingerprint density at radius 1 is 1.15 bits per heavy atom. The maximum absolute atomic E-state index is 5.81. The molecular formula is C18H19NO. The first-order valence-corrected chi connectivity index (χ1v) is 6.74. The van der Waals surface area contributed by atoms with Crippen LogP contribution in [0.3, 0.4) is 0 Å². The van der Waals surface area contributed by atoms with Crippen molar-refractivity contribution in [1.29, 1.82) is 0 Å². The predicted octanol–water partition coefficient (Wildman–Crippen LogP) is 4.07. The summed E-state index contributed by atoms with van der Waals surface area (Å²) in [5, 5.41) is 3.37. The molecule has 0 radical (unpaired) electrons. The number of hydrogen-bond acceptors (Lipinski definition) is 2. The molecule has 0 heterocycles. The highest BCUT2D eigenvalue weighted by atomic mass is 16.5. The van der Waals surface area contributed by atoms with E-state index in [1.807, 2.05) is 56.3 Å². The van der Waals surface area contributed by atoms with Gasteiger partial charge < -0.3 is 10.1 Å². The van der Waals surface area contributed by atoms with Crippen LogP contribution in [0.2, 0.25) is 0 Å². The molecular weight excluding hydrogens is 246 g/mol. The monoisotopic (exact) mass is 265 g/mol. The van der Waals surface area contributed by atoms with E-state index in [2.05, 4.69) is 17.3 Å². The van der Waals surface area contributed by atoms with E-state index in [0.717, 1.165) is 22.6 Å². The van der Waals surface area contributed by atoms with Crippen LogP contribution in [0.25, 0.3) is 0 Å². The molecule has 0 amide bonds. The van der Waals surface area contributed by atoms with Gasteiger partial charge in [-0.1, -0.05) is 30.2 Å². The van der Waals surface area contributed by atoms with E-state index in [1.54, 1.807) is 0 Å². The van der Waals surface area contributed by atoms with Crippen molar-refractivity contribution in [2.75, 3.05) is 5.32 Å². The Kier molecular flexibility index (Phi) is 4.68. The van der Waals surface area contributed by atoms with Gasteiger partial charge in [-0.3, -0.25) is 0 Å². The quantitative estimate of drug-likeness (QED) is 0.823. The van der Waals surface area contributed by atoms with Crippen molar-refractivity contribution >= 4 is 5.69 Å². The second-order valence-corrected chi connectivity index (χ2v) is 4.85. The van der Waals surface area contributed by atoms with Crippen LogP contribution in [-0.2, 0) is 6.54 Å². The van der Waals surface area contributed by atoms with Gasteiger partial charge in [-0.15, -0.1) is 6.42 Å². The number of benzene rings is 2. The summed E-state index contributed by atoms with van der Waals surface area (Å²) in [4.78, 5) is 0. The minimum Gasteiger partial charge on any atom is -0.491 e. The molecule has 20 heavy (non-hydrogen) atoms. The van der Waals surface area contributed by atoms with E-state index < -0.39 is 0 Å². The average molecular weight is 265 g/mol. The maximum Gasteiger partial charge on any atom is 0.124 e. The highest BCUT2D eigenvalue weighted by molar-refractivity contribution is 5.51. The normalized spacial score (nSPS) is 10.1. The van der Waals surface area contributed by atoms with E-state index in [0.29, 0.717) is 6.54 Å². The molecule has 2 nitrogen and oxygen atoms in total. The van der Waals surface area contributed by atoms with Gasteiger partial charge in [-0.2, -0.15) is 0 Å². The molecule has 2 heteroatoms. The lowest BCUT2D eigenvalue weighted by Gasteiger charge is -2.15. The van der Waals surface area contributed by atoms with Crippen molar-refractivity contribution in [3.05, 3.63) is 59.7 Å². The van der Waals surface area contributed by atoms with Crippen LogP contribution >= 0.6 is 0 Å². The average Bonchev–Trinajstić information content (AvgIpc) is 2.46. The van der Waals surface area contributed by atoms with E-state index in [1.165, 1.54) is 0 Å². The van der Waals surface area contributed by atoms with Crippen molar-refractivity contribution < 1.29 is 4.74 Å². The van der Waals surface area contributed by atoms with Gasteiger partial charge in [0.2, 0.25) is 0 Å². The Hall–Kier alpha value is -2.40. The zero-order valence-electron chi connectivity index (χ0n) is 11.9. The van der Waals surface area contributed by atoms with E-state index in [4.69, 9.17) is 11.2 Å². The summed E-state index contributed by atoms with van der Waals surface area (Å²) < 4.78 is 5.81. The summed E-state index contributed by atoms with van der Waals surface area (Å²) in [6.07, 6.45) is 5.57. The topological polar surface area (TPSA) is 21.3 Å². The molecule has 0 atom stereocenters. The molecule has 0 unspecified atom stereocenters. The third-order valence-electron chi connectivity index (χ3n) is 2.85. The Balaban J connectivity index is 2.09. The summed E-state index contributed by atoms with van der Waals surface area (Å²) in [7, 11) is 0. The molecule has 1 N–H and O–H groups in total. The van der Waals surface area contributed by atoms with Gasteiger partial charge in [-0.05, 0) is 38.1 Å². The lowest BCUT2D eigenvalue weighted by molar-refractivity contribution is 0.240. The standard InChI is InChI=1S/C18H19NO/c1-4-15-8-7-10-17(12-15)19-13-16-9-5-6-11-18(16)20-14(2)3/h1,5-12,14,19H,13H2,2-3H3. The molecule has 2 aromatic carbocycles. The fourth-order valence-corrected chi connectivity index (χ4v) is 1.94. The Morgan fingerprint density at radius 2 is 1.95 bits per heavy atom. The number of nitrogens with one attached hydrogen (secondary N) is 1. The second-order valence-electron chi connectivity index (χ2n) is 4.85. The Morgan fingerprint density at radius 3 is 2.70 bits per heavy atom. The number of para-hydroxylation sites is 1. The fraction of sp³-hybridized carbons (Fsp3) is 0.222. The summed E-state index contributed by atoms with van der Waals surface area (Å²) in [6.45, 7) is 4.76. The lowest BCUT2D eigenvalue weighted by atomic mass is 10.1. The lowest BCUT2D eigenvalue weighted by Crippen LogP contribution is -2.09. The van der Waals surface area contributed by atoms with Crippen LogP contribution in [0.15, 0.2) is 48.5 Å².